The number of benzene rings is 1. The lowest BCUT2D eigenvalue weighted by atomic mass is 10.1. The number of methoxy groups -OCH3 is 1. The van der Waals surface area contributed by atoms with Crippen LogP contribution < -0.4 is 10.7 Å². The molecule has 0 spiro atoms. The second kappa shape index (κ2) is 6.44. The fourth-order valence-corrected chi connectivity index (χ4v) is 2.79. The number of carbonyl (C=O) groups is 2. The number of aromatic nitrogens is 1. The van der Waals surface area contributed by atoms with Gasteiger partial charge in [-0.1, -0.05) is 10.5 Å². The van der Waals surface area contributed by atoms with Gasteiger partial charge in [0.15, 0.2) is 5.41 Å². The third-order valence-corrected chi connectivity index (χ3v) is 4.38. The molecule has 0 bridgehead atoms. The van der Waals surface area contributed by atoms with Crippen LogP contribution in [0.3, 0.4) is 0 Å². The normalized spacial score (nSPS) is 20.7. The van der Waals surface area contributed by atoms with Gasteiger partial charge in [0.25, 0.3) is 11.5 Å². The average Bonchev–Trinajstić information content (AvgIpc) is 3.43. The van der Waals surface area contributed by atoms with Gasteiger partial charge >= 0.3 is 5.97 Å². The molecule has 1 fully saturated rings. The van der Waals surface area contributed by atoms with Gasteiger partial charge in [-0.3, -0.25) is 19.0 Å². The lowest BCUT2D eigenvalue weighted by molar-refractivity contribution is -0.146. The first-order chi connectivity index (χ1) is 12.4. The molecule has 1 saturated carbocycles. The number of ether oxygens (including phenoxy) is 1. The van der Waals surface area contributed by atoms with E-state index in [1.165, 1.54) is 34.9 Å². The van der Waals surface area contributed by atoms with Crippen molar-refractivity contribution in [1.82, 2.24) is 4.57 Å². The van der Waals surface area contributed by atoms with Gasteiger partial charge in [-0.2, -0.15) is 5.26 Å². The fourth-order valence-electron chi connectivity index (χ4n) is 2.79. The van der Waals surface area contributed by atoms with E-state index in [1.54, 1.807) is 24.4 Å². The van der Waals surface area contributed by atoms with Gasteiger partial charge in [0, 0.05) is 18.0 Å². The summed E-state index contributed by atoms with van der Waals surface area (Å²) in [6.07, 6.45) is 1.49. The minimum atomic E-state index is -1.62. The molecule has 0 aliphatic heterocycles. The van der Waals surface area contributed by atoms with Crippen LogP contribution in [0.1, 0.15) is 6.42 Å². The molecule has 1 aliphatic carbocycles. The largest absolute Gasteiger partial charge is 0.468 e. The highest BCUT2D eigenvalue weighted by molar-refractivity contribution is 6.02. The van der Waals surface area contributed by atoms with E-state index in [4.69, 9.17) is 5.26 Å². The predicted molar refractivity (Wildman–Crippen MR) is 88.8 cm³/mol. The Bertz CT molecular complexity index is 963. The number of anilines is 1. The van der Waals surface area contributed by atoms with Crippen molar-refractivity contribution in [3.63, 3.8) is 0 Å². The summed E-state index contributed by atoms with van der Waals surface area (Å²) in [4.78, 5) is 35.7. The highest BCUT2D eigenvalue weighted by Gasteiger charge is 2.67. The van der Waals surface area contributed by atoms with E-state index in [0.717, 1.165) is 7.11 Å². The molecule has 132 valence electrons. The Morgan fingerprint density at radius 2 is 2.00 bits per heavy atom. The number of carbonyl (C=O) groups excluding carboxylic acids is 2. The smallest absolute Gasteiger partial charge is 0.327 e. The van der Waals surface area contributed by atoms with E-state index in [-0.39, 0.29) is 22.8 Å². The van der Waals surface area contributed by atoms with E-state index in [0.29, 0.717) is 5.69 Å². The molecule has 0 N–H and O–H groups in total. The number of esters is 1. The lowest BCUT2D eigenvalue weighted by Gasteiger charge is -2.14. The quantitative estimate of drug-likeness (QED) is 0.615. The van der Waals surface area contributed by atoms with Gasteiger partial charge < -0.3 is 4.74 Å². The minimum Gasteiger partial charge on any atom is -0.468 e. The van der Waals surface area contributed by atoms with Gasteiger partial charge in [-0.05, 0) is 36.8 Å². The van der Waals surface area contributed by atoms with Crippen LogP contribution in [0, 0.1) is 22.7 Å². The Morgan fingerprint density at radius 1 is 1.31 bits per heavy atom. The van der Waals surface area contributed by atoms with Crippen LogP contribution in [-0.2, 0) is 14.3 Å². The van der Waals surface area contributed by atoms with Crippen molar-refractivity contribution in [2.75, 3.05) is 12.2 Å². The summed E-state index contributed by atoms with van der Waals surface area (Å²) >= 11 is 0. The highest BCUT2D eigenvalue weighted by atomic mass is 19.2. The fraction of sp³-hybridized carbons (Fsp3) is 0.222. The van der Waals surface area contributed by atoms with Crippen LogP contribution in [0.5, 0.6) is 0 Å². The van der Waals surface area contributed by atoms with Gasteiger partial charge in [0.05, 0.1) is 24.8 Å². The van der Waals surface area contributed by atoms with Crippen LogP contribution in [-0.4, -0.2) is 23.6 Å². The standard InChI is InChI=1S/C18H14FN3O4/c1-26-17(25)18(11-20)10-14(18)16(24)22(19)13-7-5-12(6-8-13)21-9-3-2-4-15(21)23/h2-9,14H,10H2,1H3. The first kappa shape index (κ1) is 17.4. The molecule has 2 atom stereocenters. The van der Waals surface area contributed by atoms with Crippen LogP contribution in [0.25, 0.3) is 5.69 Å². The first-order valence-corrected chi connectivity index (χ1v) is 7.72. The molecular formula is C18H14FN3O4. The summed E-state index contributed by atoms with van der Waals surface area (Å²) in [6.45, 7) is 0. The van der Waals surface area contributed by atoms with Gasteiger partial charge in [0.2, 0.25) is 0 Å². The lowest BCUT2D eigenvalue weighted by Crippen LogP contribution is -2.29. The number of nitriles is 1. The average molecular weight is 355 g/mol. The van der Waals surface area contributed by atoms with E-state index in [2.05, 4.69) is 4.74 Å². The molecule has 0 saturated heterocycles. The highest BCUT2D eigenvalue weighted by Crippen LogP contribution is 2.54. The Balaban J connectivity index is 1.79. The van der Waals surface area contributed by atoms with Gasteiger partial charge in [0.1, 0.15) is 0 Å². The molecule has 1 aromatic heterocycles. The molecule has 26 heavy (non-hydrogen) atoms. The van der Waals surface area contributed by atoms with Crippen molar-refractivity contribution in [1.29, 1.82) is 5.26 Å². The summed E-state index contributed by atoms with van der Waals surface area (Å²) < 4.78 is 20.3. The number of hydrogen-bond acceptors (Lipinski definition) is 5. The van der Waals surface area contributed by atoms with Crippen molar-refractivity contribution in [2.24, 2.45) is 11.3 Å². The van der Waals surface area contributed by atoms with E-state index >= 15 is 0 Å². The van der Waals surface area contributed by atoms with E-state index in [9.17, 15) is 18.9 Å². The van der Waals surface area contributed by atoms with Gasteiger partial charge in [-0.25, -0.2) is 0 Å². The van der Waals surface area contributed by atoms with Crippen molar-refractivity contribution in [3.05, 3.63) is 59.0 Å². The van der Waals surface area contributed by atoms with Crippen molar-refractivity contribution < 1.29 is 18.8 Å². The second-order valence-corrected chi connectivity index (χ2v) is 5.88. The summed E-state index contributed by atoms with van der Waals surface area (Å²) in [5, 5.41) is 9.05. The molecule has 0 radical (unpaired) electrons. The maximum Gasteiger partial charge on any atom is 0.327 e. The Kier molecular flexibility index (Phi) is 4.30. The minimum absolute atomic E-state index is 0.0636. The molecule has 8 heteroatoms. The zero-order valence-electron chi connectivity index (χ0n) is 13.8. The van der Waals surface area contributed by atoms with Crippen molar-refractivity contribution >= 4 is 17.6 Å². The van der Waals surface area contributed by atoms with Crippen molar-refractivity contribution in [3.8, 4) is 11.8 Å². The summed E-state index contributed by atoms with van der Waals surface area (Å²) in [7, 11) is 1.11. The molecule has 3 rings (SSSR count). The molecule has 1 heterocycles. The van der Waals surface area contributed by atoms with E-state index < -0.39 is 23.2 Å². The molecular weight excluding hydrogens is 341 g/mol. The summed E-state index contributed by atoms with van der Waals surface area (Å²) in [5.41, 5.74) is -1.42. The van der Waals surface area contributed by atoms with Crippen LogP contribution in [0.15, 0.2) is 53.5 Å². The molecule has 1 amide bonds. The number of pyridine rings is 1. The number of nitrogens with zero attached hydrogens (tertiary/aromatic N) is 3. The zero-order chi connectivity index (χ0) is 18.9. The Hall–Kier alpha value is -3.47. The number of rotatable bonds is 4. The number of halogens is 1. The second-order valence-electron chi connectivity index (χ2n) is 5.88. The van der Waals surface area contributed by atoms with Crippen LogP contribution in [0.4, 0.5) is 10.2 Å². The predicted octanol–water partition coefficient (Wildman–Crippen LogP) is 1.76. The molecule has 2 unspecified atom stereocenters. The Morgan fingerprint density at radius 3 is 2.58 bits per heavy atom. The summed E-state index contributed by atoms with van der Waals surface area (Å²) in [6, 6.07) is 12.1. The number of hydrogen-bond donors (Lipinski definition) is 0. The molecule has 2 aromatic rings. The van der Waals surface area contributed by atoms with Crippen molar-refractivity contribution in [2.45, 2.75) is 6.42 Å². The molecule has 7 nitrogen and oxygen atoms in total. The summed E-state index contributed by atoms with van der Waals surface area (Å²) in [5.74, 6) is -2.91. The SMILES string of the molecule is COC(=O)C1(C#N)CC1C(=O)N(F)c1ccc(-n2ccccc2=O)cc1. The Labute approximate surface area is 147 Å². The maximum atomic E-state index is 14.4. The van der Waals surface area contributed by atoms with Crippen LogP contribution in [0.2, 0.25) is 0 Å². The third-order valence-electron chi connectivity index (χ3n) is 4.38. The maximum absolute atomic E-state index is 14.4. The zero-order valence-corrected chi connectivity index (χ0v) is 13.8. The topological polar surface area (TPSA) is 92.4 Å². The third kappa shape index (κ3) is 2.73. The van der Waals surface area contributed by atoms with Crippen LogP contribution >= 0.6 is 0 Å². The number of amides is 1. The first-order valence-electron chi connectivity index (χ1n) is 7.72. The van der Waals surface area contributed by atoms with E-state index in [1.807, 2.05) is 0 Å². The molecule has 1 aromatic carbocycles. The monoisotopic (exact) mass is 355 g/mol. The molecule has 1 aliphatic rings. The van der Waals surface area contributed by atoms with Gasteiger partial charge in [-0.15, -0.1) is 5.12 Å².